The van der Waals surface area contributed by atoms with E-state index in [2.05, 4.69) is 10.1 Å². The highest BCUT2D eigenvalue weighted by atomic mass is 31.2. The summed E-state index contributed by atoms with van der Waals surface area (Å²) in [5.41, 5.74) is 0. The summed E-state index contributed by atoms with van der Waals surface area (Å²) in [6, 6.07) is 0. The zero-order valence-corrected chi connectivity index (χ0v) is 10.7. The monoisotopic (exact) mass is 269 g/mol. The first kappa shape index (κ1) is 18.8. The average Bonchev–Trinajstić information content (AvgIpc) is 2.20. The summed E-state index contributed by atoms with van der Waals surface area (Å²) in [5.74, 6) is 0. The van der Waals surface area contributed by atoms with Crippen LogP contribution in [0, 0.1) is 0 Å². The Morgan fingerprint density at radius 1 is 1.29 bits per heavy atom. The number of hydrogen-bond acceptors (Lipinski definition) is 4. The summed E-state index contributed by atoms with van der Waals surface area (Å²) in [4.78, 5) is 19.5. The summed E-state index contributed by atoms with van der Waals surface area (Å²) in [6.07, 6.45) is 3.03. The highest BCUT2D eigenvalue weighted by molar-refractivity contribution is 7.51. The van der Waals surface area contributed by atoms with Crippen LogP contribution in [0.15, 0.2) is 0 Å². The lowest BCUT2D eigenvalue weighted by molar-refractivity contribution is 0.170. The van der Waals surface area contributed by atoms with Crippen LogP contribution in [0.1, 0.15) is 33.1 Å². The molecule has 1 amide bonds. The van der Waals surface area contributed by atoms with Gasteiger partial charge >= 0.3 is 13.7 Å². The maximum atomic E-state index is 10.7. The average molecular weight is 269 g/mol. The van der Waals surface area contributed by atoms with Gasteiger partial charge in [0, 0.05) is 13.2 Å². The molecule has 6 nitrogen and oxygen atoms in total. The summed E-state index contributed by atoms with van der Waals surface area (Å²) < 4.78 is 19.8. The van der Waals surface area contributed by atoms with Crippen molar-refractivity contribution in [3.63, 3.8) is 0 Å². The Hall–Kier alpha value is -0.580. The van der Waals surface area contributed by atoms with E-state index in [0.29, 0.717) is 13.2 Å². The van der Waals surface area contributed by atoms with Crippen LogP contribution in [0.3, 0.4) is 0 Å². The molecule has 0 saturated heterocycles. The Morgan fingerprint density at radius 2 is 1.88 bits per heavy atom. The number of unbranched alkanes of at least 4 members (excludes halogenated alkanes) is 3. The van der Waals surface area contributed by atoms with E-state index >= 15 is 0 Å². The number of ether oxygens (including phenoxy) is 1. The molecule has 1 atom stereocenters. The van der Waals surface area contributed by atoms with E-state index in [1.807, 2.05) is 0 Å². The molecule has 0 heterocycles. The van der Waals surface area contributed by atoms with Gasteiger partial charge in [0.15, 0.2) is 0 Å². The second-order valence-electron chi connectivity index (χ2n) is 3.47. The first-order valence-corrected chi connectivity index (χ1v) is 7.25. The molecule has 104 valence electrons. The number of carbonyl (C=O) groups is 1. The number of rotatable bonds is 8. The van der Waals surface area contributed by atoms with E-state index in [-0.39, 0.29) is 7.43 Å². The zero-order valence-electron chi connectivity index (χ0n) is 9.77. The normalized spacial score (nSPS) is 13.4. The van der Waals surface area contributed by atoms with Crippen molar-refractivity contribution in [2.45, 2.75) is 33.1 Å². The molecule has 0 bridgehead atoms. The molecule has 0 aliphatic heterocycles. The molecular formula is C10H24NO5P. The van der Waals surface area contributed by atoms with Crippen LogP contribution in [0.4, 0.5) is 4.79 Å². The highest BCUT2D eigenvalue weighted by Gasteiger charge is 2.08. The lowest BCUT2D eigenvalue weighted by Gasteiger charge is -2.06. The second-order valence-corrected chi connectivity index (χ2v) is 5.33. The Balaban J connectivity index is 0. The van der Waals surface area contributed by atoms with Crippen molar-refractivity contribution >= 4 is 13.7 Å². The van der Waals surface area contributed by atoms with Gasteiger partial charge in [-0.2, -0.15) is 0 Å². The number of methoxy groups -OCH3 is 1. The van der Waals surface area contributed by atoms with Crippen LogP contribution in [-0.2, 0) is 13.8 Å². The lowest BCUT2D eigenvalue weighted by atomic mass is 10.2. The maximum Gasteiger partial charge on any atom is 0.406 e. The van der Waals surface area contributed by atoms with Crippen molar-refractivity contribution < 1.29 is 23.5 Å². The molecule has 2 N–H and O–H groups in total. The summed E-state index contributed by atoms with van der Waals surface area (Å²) in [7, 11) is -1.99. The van der Waals surface area contributed by atoms with Crippen molar-refractivity contribution in [1.29, 1.82) is 0 Å². The van der Waals surface area contributed by atoms with Gasteiger partial charge in [-0.05, 0) is 12.8 Å². The van der Waals surface area contributed by atoms with E-state index in [4.69, 9.17) is 9.42 Å². The van der Waals surface area contributed by atoms with E-state index in [9.17, 15) is 9.36 Å². The van der Waals surface area contributed by atoms with Crippen molar-refractivity contribution in [2.24, 2.45) is 0 Å². The fourth-order valence-corrected chi connectivity index (χ4v) is 1.55. The highest BCUT2D eigenvalue weighted by Crippen LogP contribution is 2.36. The van der Waals surface area contributed by atoms with E-state index in [1.54, 1.807) is 0 Å². The van der Waals surface area contributed by atoms with Gasteiger partial charge in [-0.3, -0.25) is 4.57 Å². The standard InChI is InChI=1S/C9H20NO5P.CH4/c1-14-9(11)10-7-5-3-4-6-8-15-16(2,12)13;/h3-8H2,1-2H3,(H,10,11)(H,12,13);1H4. The van der Waals surface area contributed by atoms with Crippen LogP contribution in [-0.4, -0.2) is 37.9 Å². The second kappa shape index (κ2) is 10.6. The Morgan fingerprint density at radius 3 is 2.41 bits per heavy atom. The molecule has 0 aromatic rings. The number of carbonyl (C=O) groups excluding carboxylic acids is 1. The van der Waals surface area contributed by atoms with Gasteiger partial charge in [0.25, 0.3) is 0 Å². The quantitative estimate of drug-likeness (QED) is 0.522. The molecule has 0 radical (unpaired) electrons. The minimum absolute atomic E-state index is 0. The van der Waals surface area contributed by atoms with Crippen molar-refractivity contribution in [3.05, 3.63) is 0 Å². The lowest BCUT2D eigenvalue weighted by Crippen LogP contribution is -2.23. The maximum absolute atomic E-state index is 10.7. The Bertz CT molecular complexity index is 241. The van der Waals surface area contributed by atoms with Gasteiger partial charge < -0.3 is 19.5 Å². The van der Waals surface area contributed by atoms with E-state index in [0.717, 1.165) is 25.7 Å². The van der Waals surface area contributed by atoms with Crippen LogP contribution in [0.2, 0.25) is 0 Å². The van der Waals surface area contributed by atoms with Gasteiger partial charge in [0.05, 0.1) is 13.7 Å². The van der Waals surface area contributed by atoms with Gasteiger partial charge in [0.2, 0.25) is 0 Å². The Kier molecular flexibility index (Phi) is 11.7. The van der Waals surface area contributed by atoms with Gasteiger partial charge in [-0.25, -0.2) is 4.79 Å². The molecule has 7 heteroatoms. The minimum atomic E-state index is -3.32. The topological polar surface area (TPSA) is 84.9 Å². The molecule has 0 aromatic carbocycles. The molecule has 17 heavy (non-hydrogen) atoms. The third kappa shape index (κ3) is 15.4. The van der Waals surface area contributed by atoms with Crippen molar-refractivity contribution in [1.82, 2.24) is 5.32 Å². The SMILES string of the molecule is C.COC(=O)NCCCCCCOP(C)(=O)O. The molecular weight excluding hydrogens is 245 g/mol. The molecule has 0 rings (SSSR count). The minimum Gasteiger partial charge on any atom is -0.453 e. The number of amides is 1. The van der Waals surface area contributed by atoms with Crippen LogP contribution in [0.5, 0.6) is 0 Å². The predicted octanol–water partition coefficient (Wildman–Crippen LogP) is 2.37. The molecule has 0 aromatic heterocycles. The van der Waals surface area contributed by atoms with E-state index in [1.165, 1.54) is 13.8 Å². The first-order valence-electron chi connectivity index (χ1n) is 5.22. The zero-order chi connectivity index (χ0) is 12.4. The van der Waals surface area contributed by atoms with Gasteiger partial charge in [-0.15, -0.1) is 0 Å². The molecule has 0 fully saturated rings. The third-order valence-electron chi connectivity index (χ3n) is 1.86. The number of alkyl carbamates (subject to hydrolysis) is 1. The summed E-state index contributed by atoms with van der Waals surface area (Å²) >= 11 is 0. The fraction of sp³-hybridized carbons (Fsp3) is 0.900. The Labute approximate surface area is 103 Å². The largest absolute Gasteiger partial charge is 0.453 e. The van der Waals surface area contributed by atoms with Gasteiger partial charge in [0.1, 0.15) is 0 Å². The van der Waals surface area contributed by atoms with Crippen LogP contribution >= 0.6 is 7.60 Å². The number of nitrogens with one attached hydrogen (secondary N) is 1. The van der Waals surface area contributed by atoms with Crippen LogP contribution < -0.4 is 5.32 Å². The van der Waals surface area contributed by atoms with Crippen LogP contribution in [0.25, 0.3) is 0 Å². The summed E-state index contributed by atoms with van der Waals surface area (Å²) in [5, 5.41) is 2.57. The van der Waals surface area contributed by atoms with Crippen molar-refractivity contribution in [2.75, 3.05) is 26.9 Å². The molecule has 0 aliphatic rings. The molecule has 0 spiro atoms. The van der Waals surface area contributed by atoms with Gasteiger partial charge in [-0.1, -0.05) is 20.3 Å². The summed E-state index contributed by atoms with van der Waals surface area (Å²) in [6.45, 7) is 2.06. The smallest absolute Gasteiger partial charge is 0.406 e. The third-order valence-corrected chi connectivity index (χ3v) is 2.52. The first-order chi connectivity index (χ1) is 7.45. The predicted molar refractivity (Wildman–Crippen MR) is 67.3 cm³/mol. The molecule has 0 saturated carbocycles. The van der Waals surface area contributed by atoms with E-state index < -0.39 is 13.7 Å². The molecule has 0 aliphatic carbocycles. The molecule has 1 unspecified atom stereocenters. The fourth-order valence-electron chi connectivity index (χ4n) is 1.08. The van der Waals surface area contributed by atoms with Crippen molar-refractivity contribution in [3.8, 4) is 0 Å². The number of hydrogen-bond donors (Lipinski definition) is 2.